The highest BCUT2D eigenvalue weighted by atomic mass is 32.1. The highest BCUT2D eigenvalue weighted by Crippen LogP contribution is 2.44. The molecule has 4 heterocycles. The van der Waals surface area contributed by atoms with Crippen LogP contribution in [0.15, 0.2) is 5.38 Å². The molecular weight excluding hydrogens is 439 g/mol. The Bertz CT molecular complexity index is 784. The van der Waals surface area contributed by atoms with Gasteiger partial charge in [-0.25, -0.2) is 9.78 Å². The molecule has 2 atom stereocenters. The van der Waals surface area contributed by atoms with E-state index in [0.717, 1.165) is 50.0 Å². The minimum atomic E-state index is -5.08. The Labute approximate surface area is 181 Å². The first-order valence-electron chi connectivity index (χ1n) is 9.96. The largest absolute Gasteiger partial charge is 0.490 e. The summed E-state index contributed by atoms with van der Waals surface area (Å²) in [6.45, 7) is 9.13. The molecule has 31 heavy (non-hydrogen) atoms. The Kier molecular flexibility index (Phi) is 7.55. The van der Waals surface area contributed by atoms with Crippen molar-refractivity contribution in [2.24, 2.45) is 11.3 Å². The number of aryl methyl sites for hydroxylation is 1. The molecule has 3 fully saturated rings. The topological polar surface area (TPSA) is 92.2 Å². The van der Waals surface area contributed by atoms with Crippen LogP contribution in [-0.2, 0) is 25.6 Å². The van der Waals surface area contributed by atoms with Gasteiger partial charge in [-0.1, -0.05) is 0 Å². The summed E-state index contributed by atoms with van der Waals surface area (Å²) < 4.78 is 42.9. The molecule has 1 amide bonds. The SMILES string of the molecule is Cc1nc(CN2C[C@@H]3COC[C@]3(CC(=O)N3CCOCC3)C2)cs1.O=C(O)C(F)(F)F. The lowest BCUT2D eigenvalue weighted by Crippen LogP contribution is -2.44. The van der Waals surface area contributed by atoms with Crippen molar-refractivity contribution in [3.63, 3.8) is 0 Å². The molecule has 0 bridgehead atoms. The maximum absolute atomic E-state index is 12.7. The van der Waals surface area contributed by atoms with Crippen LogP contribution >= 0.6 is 11.3 Å². The number of carbonyl (C=O) groups is 2. The summed E-state index contributed by atoms with van der Waals surface area (Å²) >= 11 is 1.70. The average Bonchev–Trinajstić information content (AvgIpc) is 3.36. The number of rotatable bonds is 4. The average molecular weight is 465 g/mol. The van der Waals surface area contributed by atoms with E-state index < -0.39 is 12.1 Å². The van der Waals surface area contributed by atoms with Gasteiger partial charge in [-0.2, -0.15) is 13.2 Å². The lowest BCUT2D eigenvalue weighted by Gasteiger charge is -2.32. The maximum Gasteiger partial charge on any atom is 0.490 e. The van der Waals surface area contributed by atoms with E-state index in [1.165, 1.54) is 0 Å². The van der Waals surface area contributed by atoms with E-state index in [4.69, 9.17) is 19.4 Å². The van der Waals surface area contributed by atoms with E-state index in [0.29, 0.717) is 32.2 Å². The second-order valence-electron chi connectivity index (χ2n) is 8.07. The zero-order chi connectivity index (χ0) is 22.6. The van der Waals surface area contributed by atoms with Crippen molar-refractivity contribution in [1.82, 2.24) is 14.8 Å². The van der Waals surface area contributed by atoms with E-state index in [-0.39, 0.29) is 11.3 Å². The van der Waals surface area contributed by atoms with Crippen LogP contribution in [0.4, 0.5) is 13.2 Å². The number of morpholine rings is 1. The summed E-state index contributed by atoms with van der Waals surface area (Å²) in [5.74, 6) is -2.03. The molecular formula is C19H26F3N3O5S. The minimum Gasteiger partial charge on any atom is -0.475 e. The monoisotopic (exact) mass is 465 g/mol. The number of nitrogens with zero attached hydrogens (tertiary/aromatic N) is 3. The van der Waals surface area contributed by atoms with Gasteiger partial charge in [0.1, 0.15) is 0 Å². The van der Waals surface area contributed by atoms with Gasteiger partial charge in [-0.3, -0.25) is 9.69 Å². The first-order chi connectivity index (χ1) is 14.6. The van der Waals surface area contributed by atoms with Crippen LogP contribution in [0.1, 0.15) is 17.1 Å². The van der Waals surface area contributed by atoms with E-state index >= 15 is 0 Å². The third-order valence-electron chi connectivity index (χ3n) is 5.75. The number of aromatic nitrogens is 1. The number of aliphatic carboxylic acids is 1. The van der Waals surface area contributed by atoms with Crippen LogP contribution < -0.4 is 0 Å². The minimum absolute atomic E-state index is 0.0134. The predicted molar refractivity (Wildman–Crippen MR) is 105 cm³/mol. The van der Waals surface area contributed by atoms with Crippen LogP contribution in [0.25, 0.3) is 0 Å². The van der Waals surface area contributed by atoms with Crippen LogP contribution in [0.3, 0.4) is 0 Å². The number of thiazole rings is 1. The molecule has 0 saturated carbocycles. The van der Waals surface area contributed by atoms with Crippen LogP contribution in [0.5, 0.6) is 0 Å². The van der Waals surface area contributed by atoms with E-state index in [1.54, 1.807) is 11.3 Å². The number of carbonyl (C=O) groups excluding carboxylic acids is 1. The third kappa shape index (κ3) is 6.15. The van der Waals surface area contributed by atoms with Crippen molar-refractivity contribution < 1.29 is 37.3 Å². The van der Waals surface area contributed by atoms with Crippen molar-refractivity contribution in [3.8, 4) is 0 Å². The smallest absolute Gasteiger partial charge is 0.475 e. The molecule has 0 radical (unpaired) electrons. The number of likely N-dealkylation sites (tertiary alicyclic amines) is 1. The van der Waals surface area contributed by atoms with E-state index in [9.17, 15) is 18.0 Å². The van der Waals surface area contributed by atoms with Crippen molar-refractivity contribution in [3.05, 3.63) is 16.1 Å². The van der Waals surface area contributed by atoms with Gasteiger partial charge in [0.05, 0.1) is 37.1 Å². The number of ether oxygens (including phenoxy) is 2. The summed E-state index contributed by atoms with van der Waals surface area (Å²) in [6.07, 6.45) is -4.48. The normalized spacial score (nSPS) is 26.3. The van der Waals surface area contributed by atoms with Gasteiger partial charge in [0.2, 0.25) is 5.91 Å². The van der Waals surface area contributed by atoms with Crippen molar-refractivity contribution >= 4 is 23.2 Å². The Hall–Kier alpha value is -1.76. The Morgan fingerprint density at radius 1 is 1.32 bits per heavy atom. The molecule has 12 heteroatoms. The molecule has 1 aromatic heterocycles. The summed E-state index contributed by atoms with van der Waals surface area (Å²) in [6, 6.07) is 0. The fourth-order valence-electron chi connectivity index (χ4n) is 4.25. The molecule has 8 nitrogen and oxygen atoms in total. The van der Waals surface area contributed by atoms with Crippen molar-refractivity contribution in [2.75, 3.05) is 52.6 Å². The summed E-state index contributed by atoms with van der Waals surface area (Å²) in [5.41, 5.74) is 1.13. The number of fused-ring (bicyclic) bond motifs is 1. The molecule has 3 saturated heterocycles. The standard InChI is InChI=1S/C17H25N3O3S.C2HF3O2/c1-13-18-15(10-24-13)8-19-7-14-9-23-12-17(14,11-19)6-16(21)20-2-4-22-5-3-20;3-2(4,5)1(6)7/h10,14H,2-9,11-12H2,1H3;(H,6,7)/t14-,17+;/m1./s1. The van der Waals surface area contributed by atoms with Crippen molar-refractivity contribution in [1.29, 1.82) is 0 Å². The Morgan fingerprint density at radius 2 is 2.00 bits per heavy atom. The van der Waals surface area contributed by atoms with Crippen LogP contribution in [-0.4, -0.2) is 90.5 Å². The number of carboxylic acids is 1. The first-order valence-corrected chi connectivity index (χ1v) is 10.8. The molecule has 1 N–H and O–H groups in total. The lowest BCUT2D eigenvalue weighted by atomic mass is 9.77. The first kappa shape index (κ1) is 23.9. The molecule has 174 valence electrons. The summed E-state index contributed by atoms with van der Waals surface area (Å²) in [5, 5.41) is 10.4. The van der Waals surface area contributed by atoms with Gasteiger partial charge in [-0.05, 0) is 6.92 Å². The quantitative estimate of drug-likeness (QED) is 0.725. The molecule has 0 aromatic carbocycles. The van der Waals surface area contributed by atoms with Crippen LogP contribution in [0.2, 0.25) is 0 Å². The highest BCUT2D eigenvalue weighted by molar-refractivity contribution is 7.09. The fraction of sp³-hybridized carbons (Fsp3) is 0.737. The number of alkyl halides is 3. The maximum atomic E-state index is 12.7. The second-order valence-corrected chi connectivity index (χ2v) is 9.14. The van der Waals surface area contributed by atoms with Gasteiger partial charge in [-0.15, -0.1) is 11.3 Å². The third-order valence-corrected chi connectivity index (χ3v) is 6.58. The summed E-state index contributed by atoms with van der Waals surface area (Å²) in [4.78, 5) is 30.6. The molecule has 0 unspecified atom stereocenters. The second kappa shape index (κ2) is 9.80. The summed E-state index contributed by atoms with van der Waals surface area (Å²) in [7, 11) is 0. The van der Waals surface area contributed by atoms with E-state index in [1.807, 2.05) is 11.8 Å². The van der Waals surface area contributed by atoms with Gasteiger partial charge < -0.3 is 19.5 Å². The highest BCUT2D eigenvalue weighted by Gasteiger charge is 2.52. The Balaban J connectivity index is 0.000000339. The number of hydrogen-bond acceptors (Lipinski definition) is 7. The van der Waals surface area contributed by atoms with E-state index in [2.05, 4.69) is 15.3 Å². The predicted octanol–water partition coefficient (Wildman–Crippen LogP) is 1.78. The number of halogens is 3. The number of carboxylic acid groups (broad SMARTS) is 1. The number of hydrogen-bond donors (Lipinski definition) is 1. The lowest BCUT2D eigenvalue weighted by molar-refractivity contribution is -0.192. The van der Waals surface area contributed by atoms with Gasteiger partial charge >= 0.3 is 12.1 Å². The van der Waals surface area contributed by atoms with Gasteiger partial charge in [0.15, 0.2) is 0 Å². The van der Waals surface area contributed by atoms with Gasteiger partial charge in [0, 0.05) is 55.9 Å². The number of amides is 1. The van der Waals surface area contributed by atoms with Crippen LogP contribution in [0, 0.1) is 18.3 Å². The zero-order valence-corrected chi connectivity index (χ0v) is 18.0. The molecule has 0 aliphatic carbocycles. The van der Waals surface area contributed by atoms with Crippen molar-refractivity contribution in [2.45, 2.75) is 26.1 Å². The molecule has 3 aliphatic rings. The molecule has 4 rings (SSSR count). The molecule has 1 aromatic rings. The molecule has 0 spiro atoms. The molecule has 3 aliphatic heterocycles. The zero-order valence-electron chi connectivity index (χ0n) is 17.2. The fourth-order valence-corrected chi connectivity index (χ4v) is 4.85. The van der Waals surface area contributed by atoms with Gasteiger partial charge in [0.25, 0.3) is 0 Å². The Morgan fingerprint density at radius 3 is 2.58 bits per heavy atom.